The molecule has 0 saturated heterocycles. The molecule has 1 aromatic rings. The molecule has 0 aromatic heterocycles. The van der Waals surface area contributed by atoms with Crippen molar-refractivity contribution in [1.29, 1.82) is 0 Å². The lowest BCUT2D eigenvalue weighted by atomic mass is 10.0. The van der Waals surface area contributed by atoms with Crippen molar-refractivity contribution in [2.45, 2.75) is 0 Å². The topological polar surface area (TPSA) is 140 Å². The Morgan fingerprint density at radius 1 is 0.889 bits per heavy atom. The number of aliphatic carboxylic acids is 2. The van der Waals surface area contributed by atoms with Gasteiger partial charge in [-0.25, -0.2) is 9.59 Å². The zero-order valence-corrected chi connectivity index (χ0v) is 8.81. The van der Waals surface area contributed by atoms with Crippen LogP contribution in [0.3, 0.4) is 0 Å². The van der Waals surface area contributed by atoms with Crippen molar-refractivity contribution in [3.05, 3.63) is 35.4 Å². The van der Waals surface area contributed by atoms with Gasteiger partial charge >= 0.3 is 11.9 Å². The molecular weight excluding hydrogens is 244 g/mol. The Balaban J connectivity index is 3.30. The van der Waals surface area contributed by atoms with Crippen LogP contribution in [0.1, 0.15) is 11.1 Å². The van der Waals surface area contributed by atoms with Crippen molar-refractivity contribution in [2.24, 2.45) is 10.3 Å². The largest absolute Gasteiger partial charge is 0.476 e. The second-order valence-corrected chi connectivity index (χ2v) is 3.09. The van der Waals surface area contributed by atoms with E-state index in [0.717, 1.165) is 6.07 Å². The molecule has 94 valence electrons. The van der Waals surface area contributed by atoms with Gasteiger partial charge in [0, 0.05) is 11.1 Å². The number of nitrogens with zero attached hydrogens (tertiary/aromatic N) is 2. The molecule has 0 amide bonds. The van der Waals surface area contributed by atoms with Crippen LogP contribution in [0, 0.1) is 0 Å². The number of hydrogen-bond donors (Lipinski definition) is 4. The van der Waals surface area contributed by atoms with Crippen LogP contribution in [0.2, 0.25) is 0 Å². The maximum atomic E-state index is 10.7. The fraction of sp³-hybridized carbons (Fsp3) is 0. The number of carboxylic acids is 2. The van der Waals surface area contributed by atoms with Crippen molar-refractivity contribution in [2.75, 3.05) is 0 Å². The molecule has 0 aliphatic carbocycles. The molecule has 0 atom stereocenters. The summed E-state index contributed by atoms with van der Waals surface area (Å²) in [6.45, 7) is 0. The number of oxime groups is 2. The zero-order valence-electron chi connectivity index (χ0n) is 8.81. The van der Waals surface area contributed by atoms with Gasteiger partial charge in [0.2, 0.25) is 0 Å². The van der Waals surface area contributed by atoms with Crippen molar-refractivity contribution >= 4 is 23.4 Å². The number of carbonyl (C=O) groups is 2. The van der Waals surface area contributed by atoms with Gasteiger partial charge in [0.05, 0.1) is 0 Å². The number of hydrogen-bond acceptors (Lipinski definition) is 6. The monoisotopic (exact) mass is 252 g/mol. The Hall–Kier alpha value is -2.90. The predicted octanol–water partition coefficient (Wildman–Crippen LogP) is 0.212. The van der Waals surface area contributed by atoms with Gasteiger partial charge in [0.15, 0.2) is 11.4 Å². The van der Waals surface area contributed by atoms with E-state index in [1.54, 1.807) is 0 Å². The summed E-state index contributed by atoms with van der Waals surface area (Å²) >= 11 is 0. The third-order valence-corrected chi connectivity index (χ3v) is 2.01. The highest BCUT2D eigenvalue weighted by atomic mass is 16.4. The van der Waals surface area contributed by atoms with E-state index in [0.29, 0.717) is 0 Å². The third-order valence-electron chi connectivity index (χ3n) is 2.01. The number of carboxylic acid groups (broad SMARTS) is 2. The van der Waals surface area contributed by atoms with Crippen molar-refractivity contribution in [1.82, 2.24) is 0 Å². The minimum atomic E-state index is -1.48. The summed E-state index contributed by atoms with van der Waals surface area (Å²) in [5.41, 5.74) is -1.35. The Labute approximate surface area is 100 Å². The molecule has 8 heteroatoms. The molecule has 0 spiro atoms. The van der Waals surface area contributed by atoms with Crippen LogP contribution in [0.25, 0.3) is 0 Å². The predicted molar refractivity (Wildman–Crippen MR) is 58.4 cm³/mol. The van der Waals surface area contributed by atoms with Gasteiger partial charge in [-0.05, 0) is 6.07 Å². The standard InChI is InChI=1S/C10H8N2O6/c13-9(14)7(11-17)5-2-1-3-6(4-5)8(12-18)10(15)16/h1-4,17-18H,(H,13,14)(H,15,16)/b11-7-,12-8-. The molecule has 0 fully saturated rings. The number of benzene rings is 1. The van der Waals surface area contributed by atoms with Crippen molar-refractivity contribution in [3.8, 4) is 0 Å². The van der Waals surface area contributed by atoms with Gasteiger partial charge in [-0.1, -0.05) is 28.5 Å². The molecule has 0 radical (unpaired) electrons. The van der Waals surface area contributed by atoms with Gasteiger partial charge < -0.3 is 20.6 Å². The number of rotatable bonds is 4. The van der Waals surface area contributed by atoms with Crippen LogP contribution in [0.4, 0.5) is 0 Å². The molecule has 0 aliphatic rings. The van der Waals surface area contributed by atoms with Gasteiger partial charge in [0.1, 0.15) is 0 Å². The van der Waals surface area contributed by atoms with E-state index in [1.807, 2.05) is 0 Å². The van der Waals surface area contributed by atoms with Gasteiger partial charge in [-0.2, -0.15) is 0 Å². The zero-order chi connectivity index (χ0) is 13.7. The highest BCUT2D eigenvalue weighted by molar-refractivity contribution is 6.44. The van der Waals surface area contributed by atoms with Crippen LogP contribution < -0.4 is 0 Å². The second-order valence-electron chi connectivity index (χ2n) is 3.09. The third kappa shape index (κ3) is 2.61. The molecule has 4 N–H and O–H groups in total. The summed E-state index contributed by atoms with van der Waals surface area (Å²) in [6, 6.07) is 5.08. The molecule has 0 heterocycles. The van der Waals surface area contributed by atoms with Crippen molar-refractivity contribution < 1.29 is 30.2 Å². The van der Waals surface area contributed by atoms with Crippen LogP contribution in [0.15, 0.2) is 34.6 Å². The highest BCUT2D eigenvalue weighted by Gasteiger charge is 2.17. The average molecular weight is 252 g/mol. The second kappa shape index (κ2) is 5.43. The maximum Gasteiger partial charge on any atom is 0.358 e. The fourth-order valence-corrected chi connectivity index (χ4v) is 1.26. The van der Waals surface area contributed by atoms with E-state index in [9.17, 15) is 9.59 Å². The highest BCUT2D eigenvalue weighted by Crippen LogP contribution is 2.09. The first kappa shape index (κ1) is 13.2. The lowest BCUT2D eigenvalue weighted by Gasteiger charge is -2.03. The van der Waals surface area contributed by atoms with E-state index < -0.39 is 23.4 Å². The van der Waals surface area contributed by atoms with E-state index in [4.69, 9.17) is 20.6 Å². The average Bonchev–Trinajstić information content (AvgIpc) is 2.30. The Kier molecular flexibility index (Phi) is 3.98. The minimum Gasteiger partial charge on any atom is -0.476 e. The summed E-state index contributed by atoms with van der Waals surface area (Å²) < 4.78 is 0. The SMILES string of the molecule is O=C(O)/C(=N\O)c1cccc(/C(=N/O)C(=O)O)c1. The molecule has 18 heavy (non-hydrogen) atoms. The fourth-order valence-electron chi connectivity index (χ4n) is 1.26. The van der Waals surface area contributed by atoms with E-state index >= 15 is 0 Å². The summed E-state index contributed by atoms with van der Waals surface area (Å²) in [5, 5.41) is 39.8. The lowest BCUT2D eigenvalue weighted by Crippen LogP contribution is -2.18. The molecule has 0 bridgehead atoms. The summed E-state index contributed by atoms with van der Waals surface area (Å²) in [6.07, 6.45) is 0. The van der Waals surface area contributed by atoms with Crippen LogP contribution >= 0.6 is 0 Å². The van der Waals surface area contributed by atoms with Crippen LogP contribution in [-0.2, 0) is 9.59 Å². The smallest absolute Gasteiger partial charge is 0.358 e. The first-order valence-electron chi connectivity index (χ1n) is 4.52. The summed E-state index contributed by atoms with van der Waals surface area (Å²) in [7, 11) is 0. The quantitative estimate of drug-likeness (QED) is 0.343. The summed E-state index contributed by atoms with van der Waals surface area (Å²) in [5.74, 6) is -2.96. The van der Waals surface area contributed by atoms with E-state index in [1.165, 1.54) is 18.2 Å². The maximum absolute atomic E-state index is 10.7. The van der Waals surface area contributed by atoms with E-state index in [2.05, 4.69) is 10.3 Å². The first-order valence-corrected chi connectivity index (χ1v) is 4.52. The minimum absolute atomic E-state index is 0.0232. The Bertz CT molecular complexity index is 504. The molecule has 0 unspecified atom stereocenters. The molecule has 0 saturated carbocycles. The first-order chi connectivity index (χ1) is 8.51. The molecule has 1 rings (SSSR count). The lowest BCUT2D eigenvalue weighted by molar-refractivity contribution is -0.130. The molecule has 1 aromatic carbocycles. The van der Waals surface area contributed by atoms with Gasteiger partial charge in [0.25, 0.3) is 0 Å². The summed E-state index contributed by atoms with van der Waals surface area (Å²) in [4.78, 5) is 21.5. The normalized spacial score (nSPS) is 12.2. The molecular formula is C10H8N2O6. The van der Waals surface area contributed by atoms with E-state index in [-0.39, 0.29) is 11.1 Å². The van der Waals surface area contributed by atoms with Crippen molar-refractivity contribution in [3.63, 3.8) is 0 Å². The van der Waals surface area contributed by atoms with Crippen LogP contribution in [-0.4, -0.2) is 44.0 Å². The Morgan fingerprint density at radius 2 is 1.28 bits per heavy atom. The molecule has 8 nitrogen and oxygen atoms in total. The van der Waals surface area contributed by atoms with Gasteiger partial charge in [-0.15, -0.1) is 0 Å². The van der Waals surface area contributed by atoms with Gasteiger partial charge in [-0.3, -0.25) is 0 Å². The Morgan fingerprint density at radius 3 is 1.56 bits per heavy atom. The molecule has 0 aliphatic heterocycles. The van der Waals surface area contributed by atoms with Crippen LogP contribution in [0.5, 0.6) is 0 Å².